The van der Waals surface area contributed by atoms with Crippen molar-refractivity contribution in [3.8, 4) is 0 Å². The molecule has 0 saturated heterocycles. The van der Waals surface area contributed by atoms with Crippen LogP contribution >= 0.6 is 15.9 Å². The van der Waals surface area contributed by atoms with Gasteiger partial charge in [0.1, 0.15) is 12.6 Å². The fourth-order valence-electron chi connectivity index (χ4n) is 4.09. The molecule has 0 radical (unpaired) electrons. The SMILES string of the molecule is Cc1ccc(N(CC(=O)N(Cc2ccc(Br)cc2)C(C)C(=O)NC2CCCC2)S(C)(=O)=O)cc1. The summed E-state index contributed by atoms with van der Waals surface area (Å²) in [5, 5.41) is 3.06. The minimum atomic E-state index is -3.72. The van der Waals surface area contributed by atoms with E-state index in [4.69, 9.17) is 0 Å². The summed E-state index contributed by atoms with van der Waals surface area (Å²) in [7, 11) is -3.72. The number of carbonyl (C=O) groups excluding carboxylic acids is 2. The van der Waals surface area contributed by atoms with Crippen molar-refractivity contribution >= 4 is 43.5 Å². The molecule has 1 saturated carbocycles. The van der Waals surface area contributed by atoms with Crippen molar-refractivity contribution in [3.05, 3.63) is 64.1 Å². The number of nitrogens with zero attached hydrogens (tertiary/aromatic N) is 2. The van der Waals surface area contributed by atoms with Gasteiger partial charge in [-0.3, -0.25) is 13.9 Å². The number of hydrogen-bond acceptors (Lipinski definition) is 4. The molecule has 2 aromatic carbocycles. The molecule has 1 aliphatic rings. The number of aryl methyl sites for hydroxylation is 1. The summed E-state index contributed by atoms with van der Waals surface area (Å²) >= 11 is 3.41. The van der Waals surface area contributed by atoms with Crippen LogP contribution in [-0.4, -0.2) is 50.0 Å². The lowest BCUT2D eigenvalue weighted by molar-refractivity contribution is -0.139. The van der Waals surface area contributed by atoms with Gasteiger partial charge in [-0.25, -0.2) is 8.42 Å². The number of halogens is 1. The summed E-state index contributed by atoms with van der Waals surface area (Å²) in [5.41, 5.74) is 2.24. The molecule has 1 fully saturated rings. The third-order valence-corrected chi connectivity index (χ3v) is 7.81. The van der Waals surface area contributed by atoms with Crippen LogP contribution < -0.4 is 9.62 Å². The van der Waals surface area contributed by atoms with Crippen LogP contribution in [0.5, 0.6) is 0 Å². The van der Waals surface area contributed by atoms with Crippen molar-refractivity contribution in [1.29, 1.82) is 0 Å². The monoisotopic (exact) mass is 549 g/mol. The van der Waals surface area contributed by atoms with Gasteiger partial charge in [-0.1, -0.05) is 58.6 Å². The van der Waals surface area contributed by atoms with Gasteiger partial charge in [-0.05, 0) is 56.5 Å². The average molecular weight is 551 g/mol. The van der Waals surface area contributed by atoms with Crippen LogP contribution in [0.15, 0.2) is 53.0 Å². The molecule has 0 heterocycles. The summed E-state index contributed by atoms with van der Waals surface area (Å²) in [6, 6.07) is 13.8. The van der Waals surface area contributed by atoms with E-state index in [0.717, 1.165) is 51.8 Å². The molecule has 3 rings (SSSR count). The number of hydrogen-bond donors (Lipinski definition) is 1. The van der Waals surface area contributed by atoms with Gasteiger partial charge in [0.05, 0.1) is 11.9 Å². The molecule has 1 unspecified atom stereocenters. The van der Waals surface area contributed by atoms with E-state index in [0.29, 0.717) is 5.69 Å². The topological polar surface area (TPSA) is 86.8 Å². The Morgan fingerprint density at radius 3 is 2.21 bits per heavy atom. The van der Waals surface area contributed by atoms with Crippen molar-refractivity contribution in [1.82, 2.24) is 10.2 Å². The lowest BCUT2D eigenvalue weighted by Gasteiger charge is -2.32. The Kier molecular flexibility index (Phi) is 8.76. The van der Waals surface area contributed by atoms with Crippen molar-refractivity contribution in [2.24, 2.45) is 0 Å². The molecule has 7 nitrogen and oxygen atoms in total. The minimum Gasteiger partial charge on any atom is -0.352 e. The fourth-order valence-corrected chi connectivity index (χ4v) is 5.20. The molecule has 0 bridgehead atoms. The zero-order valence-corrected chi connectivity index (χ0v) is 22.2. The lowest BCUT2D eigenvalue weighted by Crippen LogP contribution is -2.52. The van der Waals surface area contributed by atoms with Crippen LogP contribution in [0.2, 0.25) is 0 Å². The maximum absolute atomic E-state index is 13.5. The Labute approximate surface area is 210 Å². The molecule has 2 amide bonds. The summed E-state index contributed by atoms with van der Waals surface area (Å²) in [4.78, 5) is 28.0. The molecule has 2 aromatic rings. The van der Waals surface area contributed by atoms with Crippen LogP contribution in [0.4, 0.5) is 5.69 Å². The number of amides is 2. The molecular weight excluding hydrogens is 518 g/mol. The van der Waals surface area contributed by atoms with Crippen LogP contribution in [0, 0.1) is 6.92 Å². The van der Waals surface area contributed by atoms with E-state index in [2.05, 4.69) is 21.2 Å². The Bertz CT molecular complexity index is 1100. The Hall–Kier alpha value is -2.39. The van der Waals surface area contributed by atoms with Gasteiger partial charge < -0.3 is 10.2 Å². The second-order valence-electron chi connectivity index (χ2n) is 8.92. The molecule has 0 aliphatic heterocycles. The highest BCUT2D eigenvalue weighted by molar-refractivity contribution is 9.10. The number of carbonyl (C=O) groups is 2. The molecule has 1 N–H and O–H groups in total. The average Bonchev–Trinajstić information content (AvgIpc) is 3.29. The molecule has 34 heavy (non-hydrogen) atoms. The number of benzene rings is 2. The van der Waals surface area contributed by atoms with E-state index < -0.39 is 22.0 Å². The maximum Gasteiger partial charge on any atom is 0.244 e. The highest BCUT2D eigenvalue weighted by atomic mass is 79.9. The quantitative estimate of drug-likeness (QED) is 0.512. The van der Waals surface area contributed by atoms with Gasteiger partial charge >= 0.3 is 0 Å². The molecular formula is C25H32BrN3O4S. The fraction of sp³-hybridized carbons (Fsp3) is 0.440. The molecule has 9 heteroatoms. The summed E-state index contributed by atoms with van der Waals surface area (Å²) < 4.78 is 27.1. The highest BCUT2D eigenvalue weighted by Crippen LogP contribution is 2.21. The predicted molar refractivity (Wildman–Crippen MR) is 138 cm³/mol. The number of nitrogens with one attached hydrogen (secondary N) is 1. The Morgan fingerprint density at radius 1 is 1.06 bits per heavy atom. The molecule has 0 aromatic heterocycles. The smallest absolute Gasteiger partial charge is 0.244 e. The van der Waals surface area contributed by atoms with Gasteiger partial charge in [-0.15, -0.1) is 0 Å². The lowest BCUT2D eigenvalue weighted by atomic mass is 10.1. The summed E-state index contributed by atoms with van der Waals surface area (Å²) in [6.45, 7) is 3.40. The Balaban J connectivity index is 1.86. The number of anilines is 1. The number of sulfonamides is 1. The van der Waals surface area contributed by atoms with Crippen molar-refractivity contribution in [2.45, 2.75) is 58.2 Å². The summed E-state index contributed by atoms with van der Waals surface area (Å²) in [5.74, 6) is -0.665. The molecule has 1 atom stereocenters. The zero-order chi connectivity index (χ0) is 24.9. The summed E-state index contributed by atoms with van der Waals surface area (Å²) in [6.07, 6.45) is 5.12. The van der Waals surface area contributed by atoms with Gasteiger partial charge in [0, 0.05) is 17.1 Å². The largest absolute Gasteiger partial charge is 0.352 e. The van der Waals surface area contributed by atoms with E-state index in [1.807, 2.05) is 31.2 Å². The first-order chi connectivity index (χ1) is 16.0. The van der Waals surface area contributed by atoms with E-state index in [-0.39, 0.29) is 25.0 Å². The van der Waals surface area contributed by atoms with E-state index in [1.54, 1.807) is 31.2 Å². The van der Waals surface area contributed by atoms with Crippen LogP contribution in [0.25, 0.3) is 0 Å². The van der Waals surface area contributed by atoms with Gasteiger partial charge in [0.25, 0.3) is 0 Å². The molecule has 184 valence electrons. The highest BCUT2D eigenvalue weighted by Gasteiger charge is 2.31. The van der Waals surface area contributed by atoms with Crippen molar-refractivity contribution in [2.75, 3.05) is 17.1 Å². The van der Waals surface area contributed by atoms with Crippen molar-refractivity contribution in [3.63, 3.8) is 0 Å². The van der Waals surface area contributed by atoms with Gasteiger partial charge in [0.2, 0.25) is 21.8 Å². The first kappa shape index (κ1) is 26.2. The second-order valence-corrected chi connectivity index (χ2v) is 11.7. The first-order valence-electron chi connectivity index (χ1n) is 11.4. The Morgan fingerprint density at radius 2 is 1.65 bits per heavy atom. The third kappa shape index (κ3) is 7.06. The molecule has 0 spiro atoms. The van der Waals surface area contributed by atoms with Crippen LogP contribution in [0.3, 0.4) is 0 Å². The minimum absolute atomic E-state index is 0.125. The zero-order valence-electron chi connectivity index (χ0n) is 19.8. The number of rotatable bonds is 9. The van der Waals surface area contributed by atoms with E-state index in [1.165, 1.54) is 4.90 Å². The third-order valence-electron chi connectivity index (χ3n) is 6.14. The first-order valence-corrected chi connectivity index (χ1v) is 14.1. The standard InChI is InChI=1S/C25H32BrN3O4S/c1-18-8-14-23(15-9-18)29(34(3,32)33)17-24(30)28(16-20-10-12-21(26)13-11-20)19(2)25(31)27-22-6-4-5-7-22/h8-15,19,22H,4-7,16-17H2,1-3H3,(H,27,31). The van der Waals surface area contributed by atoms with Crippen LogP contribution in [-0.2, 0) is 26.2 Å². The molecule has 1 aliphatic carbocycles. The van der Waals surface area contributed by atoms with Gasteiger partial charge in [0.15, 0.2) is 0 Å². The van der Waals surface area contributed by atoms with E-state index in [9.17, 15) is 18.0 Å². The van der Waals surface area contributed by atoms with Crippen LogP contribution in [0.1, 0.15) is 43.7 Å². The predicted octanol–water partition coefficient (Wildman–Crippen LogP) is 4.00. The van der Waals surface area contributed by atoms with E-state index >= 15 is 0 Å². The van der Waals surface area contributed by atoms with Gasteiger partial charge in [-0.2, -0.15) is 0 Å². The maximum atomic E-state index is 13.5. The normalized spacial score (nSPS) is 15.1. The van der Waals surface area contributed by atoms with Crippen molar-refractivity contribution < 1.29 is 18.0 Å². The second kappa shape index (κ2) is 11.4.